The highest BCUT2D eigenvalue weighted by molar-refractivity contribution is 4.92. The zero-order valence-corrected chi connectivity index (χ0v) is 4.20. The maximum Gasteiger partial charge on any atom is 0.0134 e. The van der Waals surface area contributed by atoms with E-state index in [1.165, 1.54) is 0 Å². The van der Waals surface area contributed by atoms with Gasteiger partial charge in [-0.1, -0.05) is 19.1 Å². The van der Waals surface area contributed by atoms with Crippen LogP contribution in [0.2, 0.25) is 0 Å². The second-order valence-corrected chi connectivity index (χ2v) is 1.31. The molecule has 1 nitrogen and oxygen atoms in total. The van der Waals surface area contributed by atoms with Gasteiger partial charge < -0.3 is 5.73 Å². The molecule has 0 fully saturated rings. The van der Waals surface area contributed by atoms with Crippen LogP contribution in [0.1, 0.15) is 13.3 Å². The molecule has 0 rings (SSSR count). The highest BCUT2D eigenvalue weighted by Crippen LogP contribution is 1.88. The van der Waals surface area contributed by atoms with Crippen LogP contribution in [0.5, 0.6) is 0 Å². The normalized spacial score (nSPS) is 8.33. The van der Waals surface area contributed by atoms with Crippen molar-refractivity contribution in [2.75, 3.05) is 6.54 Å². The molecule has 0 bridgehead atoms. The molecule has 0 aromatic carbocycles. The van der Waals surface area contributed by atoms with Gasteiger partial charge in [-0.3, -0.25) is 0 Å². The van der Waals surface area contributed by atoms with Crippen LogP contribution in [0.4, 0.5) is 0 Å². The van der Waals surface area contributed by atoms with Crippen molar-refractivity contribution < 1.29 is 0 Å². The summed E-state index contributed by atoms with van der Waals surface area (Å²) in [7, 11) is 0. The van der Waals surface area contributed by atoms with Crippen molar-refractivity contribution in [2.24, 2.45) is 5.73 Å². The van der Waals surface area contributed by atoms with Gasteiger partial charge >= 0.3 is 0 Å². The Balaban J connectivity index is 2.99. The zero-order valence-electron chi connectivity index (χ0n) is 4.20. The van der Waals surface area contributed by atoms with E-state index < -0.39 is 0 Å². The molecular formula is C5H11N. The average Bonchev–Trinajstić information content (AvgIpc) is 1.65. The monoisotopic (exact) mass is 85.1 g/mol. The minimum Gasteiger partial charge on any atom is -0.327 e. The third-order valence-corrected chi connectivity index (χ3v) is 0.789. The van der Waals surface area contributed by atoms with E-state index in [0.29, 0.717) is 6.54 Å². The van der Waals surface area contributed by atoms with Crippen LogP contribution in [0.15, 0.2) is 12.2 Å². The average molecular weight is 85.2 g/mol. The summed E-state index contributed by atoms with van der Waals surface area (Å²) in [6.45, 7) is 6.35. The van der Waals surface area contributed by atoms with Gasteiger partial charge in [0.2, 0.25) is 0 Å². The van der Waals surface area contributed by atoms with Crippen molar-refractivity contribution in [3.8, 4) is 0 Å². The minimum absolute atomic E-state index is 0.635. The summed E-state index contributed by atoms with van der Waals surface area (Å²) in [5.74, 6) is 0. The molecule has 1 heteroatoms. The first-order valence-electron chi connectivity index (χ1n) is 2.18. The molecule has 0 aromatic heterocycles. The summed E-state index contributed by atoms with van der Waals surface area (Å²) in [6.07, 6.45) is 1.01. The number of rotatable bonds is 2. The van der Waals surface area contributed by atoms with E-state index in [4.69, 9.17) is 5.73 Å². The minimum atomic E-state index is 0.635. The van der Waals surface area contributed by atoms with E-state index in [9.17, 15) is 0 Å². The van der Waals surface area contributed by atoms with Crippen LogP contribution >= 0.6 is 0 Å². The van der Waals surface area contributed by atoms with Crippen LogP contribution in [-0.4, -0.2) is 6.54 Å². The molecule has 0 saturated carbocycles. The molecule has 0 radical (unpaired) electrons. The number of nitrogens with two attached hydrogens (primary N) is 1. The predicted octanol–water partition coefficient (Wildman–Crippen LogP) is 0.911. The quantitative estimate of drug-likeness (QED) is 0.495. The lowest BCUT2D eigenvalue weighted by Crippen LogP contribution is -1.99. The fourth-order valence-corrected chi connectivity index (χ4v) is 0.144. The third-order valence-electron chi connectivity index (χ3n) is 0.789. The second-order valence-electron chi connectivity index (χ2n) is 1.31. The van der Waals surface area contributed by atoms with Crippen molar-refractivity contribution in [1.29, 1.82) is 0 Å². The van der Waals surface area contributed by atoms with Crippen molar-refractivity contribution in [3.63, 3.8) is 0 Å². The molecule has 0 heterocycles. The molecule has 0 unspecified atom stereocenters. The van der Waals surface area contributed by atoms with Crippen molar-refractivity contribution >= 4 is 0 Å². The van der Waals surface area contributed by atoms with Gasteiger partial charge in [-0.25, -0.2) is 0 Å². The summed E-state index contributed by atoms with van der Waals surface area (Å²) < 4.78 is 0. The molecule has 0 aromatic rings. The lowest BCUT2D eigenvalue weighted by atomic mass is 10.2. The van der Waals surface area contributed by atoms with E-state index in [2.05, 4.69) is 13.5 Å². The van der Waals surface area contributed by atoms with Crippen LogP contribution < -0.4 is 5.73 Å². The van der Waals surface area contributed by atoms with Gasteiger partial charge in [0.1, 0.15) is 0 Å². The Morgan fingerprint density at radius 1 is 1.83 bits per heavy atom. The molecule has 0 atom stereocenters. The Hall–Kier alpha value is -0.300. The maximum atomic E-state index is 5.18. The van der Waals surface area contributed by atoms with Crippen LogP contribution in [-0.2, 0) is 0 Å². The first kappa shape index (κ1) is 5.70. The largest absolute Gasteiger partial charge is 0.327 e. The zero-order chi connectivity index (χ0) is 4.99. The van der Waals surface area contributed by atoms with Gasteiger partial charge in [0.15, 0.2) is 0 Å². The maximum absolute atomic E-state index is 5.18. The fraction of sp³-hybridized carbons (Fsp3) is 0.600. The molecule has 0 amide bonds. The van der Waals surface area contributed by atoms with Gasteiger partial charge in [0, 0.05) is 6.54 Å². The fourth-order valence-electron chi connectivity index (χ4n) is 0.144. The Labute approximate surface area is 38.8 Å². The SMILES string of the molecule is C=C(CC)CN. The van der Waals surface area contributed by atoms with Gasteiger partial charge in [0.25, 0.3) is 0 Å². The molecular weight excluding hydrogens is 74.1 g/mol. The van der Waals surface area contributed by atoms with Gasteiger partial charge in [-0.2, -0.15) is 0 Å². The second kappa shape index (κ2) is 2.91. The molecule has 0 spiro atoms. The van der Waals surface area contributed by atoms with E-state index in [1.807, 2.05) is 0 Å². The van der Waals surface area contributed by atoms with Crippen molar-refractivity contribution in [2.45, 2.75) is 13.3 Å². The molecule has 0 aliphatic rings. The Morgan fingerprint density at radius 2 is 2.33 bits per heavy atom. The summed E-state index contributed by atoms with van der Waals surface area (Å²) >= 11 is 0. The highest BCUT2D eigenvalue weighted by atomic mass is 14.5. The molecule has 2 N–H and O–H groups in total. The first-order valence-corrected chi connectivity index (χ1v) is 2.18. The first-order chi connectivity index (χ1) is 2.81. The smallest absolute Gasteiger partial charge is 0.0134 e. The van der Waals surface area contributed by atoms with E-state index in [1.54, 1.807) is 0 Å². The standard InChI is InChI=1S/C5H11N/c1-3-5(2)4-6/h2-4,6H2,1H3. The number of hydrogen-bond acceptors (Lipinski definition) is 1. The highest BCUT2D eigenvalue weighted by Gasteiger charge is 1.78. The van der Waals surface area contributed by atoms with Crippen LogP contribution in [0.3, 0.4) is 0 Å². The van der Waals surface area contributed by atoms with E-state index in [0.717, 1.165) is 12.0 Å². The predicted molar refractivity (Wildman–Crippen MR) is 28.5 cm³/mol. The number of hydrogen-bond donors (Lipinski definition) is 1. The Bertz CT molecular complexity index is 41.9. The molecule has 6 heavy (non-hydrogen) atoms. The molecule has 36 valence electrons. The summed E-state index contributed by atoms with van der Waals surface area (Å²) in [4.78, 5) is 0. The van der Waals surface area contributed by atoms with Crippen molar-refractivity contribution in [3.05, 3.63) is 12.2 Å². The third kappa shape index (κ3) is 1.97. The van der Waals surface area contributed by atoms with Crippen LogP contribution in [0, 0.1) is 0 Å². The summed E-state index contributed by atoms with van der Waals surface area (Å²) in [5, 5.41) is 0. The molecule has 0 aliphatic heterocycles. The lowest BCUT2D eigenvalue weighted by Gasteiger charge is -1.89. The Morgan fingerprint density at radius 3 is 2.33 bits per heavy atom. The topological polar surface area (TPSA) is 26.0 Å². The summed E-state index contributed by atoms with van der Waals surface area (Å²) in [5.41, 5.74) is 6.30. The van der Waals surface area contributed by atoms with E-state index >= 15 is 0 Å². The van der Waals surface area contributed by atoms with Gasteiger partial charge in [0.05, 0.1) is 0 Å². The van der Waals surface area contributed by atoms with Gasteiger partial charge in [-0.05, 0) is 6.42 Å². The lowest BCUT2D eigenvalue weighted by molar-refractivity contribution is 1.02. The Kier molecular flexibility index (Phi) is 2.77. The molecule has 0 aliphatic carbocycles. The van der Waals surface area contributed by atoms with E-state index in [-0.39, 0.29) is 0 Å². The van der Waals surface area contributed by atoms with Crippen molar-refractivity contribution in [1.82, 2.24) is 0 Å². The summed E-state index contributed by atoms with van der Waals surface area (Å²) in [6, 6.07) is 0. The van der Waals surface area contributed by atoms with Gasteiger partial charge in [-0.15, -0.1) is 0 Å². The molecule has 0 saturated heterocycles. The van der Waals surface area contributed by atoms with Crippen LogP contribution in [0.25, 0.3) is 0 Å².